The van der Waals surface area contributed by atoms with E-state index in [4.69, 9.17) is 18.0 Å². The quantitative estimate of drug-likeness (QED) is 0.845. The Morgan fingerprint density at radius 1 is 1.15 bits per heavy atom. The molecule has 0 aliphatic rings. The maximum absolute atomic E-state index is 11.8. The van der Waals surface area contributed by atoms with Gasteiger partial charge in [0.25, 0.3) is 0 Å². The van der Waals surface area contributed by atoms with Gasteiger partial charge in [-0.3, -0.25) is 4.79 Å². The summed E-state index contributed by atoms with van der Waals surface area (Å²) in [7, 11) is 0. The number of rotatable bonds is 4. The molecule has 20 heavy (non-hydrogen) atoms. The summed E-state index contributed by atoms with van der Waals surface area (Å²) in [4.78, 5) is 11.8. The summed E-state index contributed by atoms with van der Waals surface area (Å²) >= 11 is 5.78. The van der Waals surface area contributed by atoms with Crippen molar-refractivity contribution in [3.8, 4) is 12.3 Å². The number of amides is 1. The predicted molar refractivity (Wildman–Crippen MR) is 82.9 cm³/mol. The molecule has 0 bridgehead atoms. The average Bonchev–Trinajstić information content (AvgIpc) is 2.48. The Kier molecular flexibility index (Phi) is 4.65. The van der Waals surface area contributed by atoms with Crippen LogP contribution in [0.2, 0.25) is 5.02 Å². The minimum Gasteiger partial charge on any atom is -0.376 e. The van der Waals surface area contributed by atoms with Gasteiger partial charge < -0.3 is 10.6 Å². The van der Waals surface area contributed by atoms with Crippen LogP contribution in [0.15, 0.2) is 48.5 Å². The number of carbonyl (C=O) groups excluding carboxylic acids is 1. The van der Waals surface area contributed by atoms with E-state index < -0.39 is 0 Å². The van der Waals surface area contributed by atoms with Gasteiger partial charge in [0.05, 0.1) is 6.54 Å². The lowest BCUT2D eigenvalue weighted by Crippen LogP contribution is -2.21. The van der Waals surface area contributed by atoms with Gasteiger partial charge in [-0.05, 0) is 42.5 Å². The standard InChI is InChI=1S/C16H13ClN2O/c1-2-12-4-3-5-15(10-12)18-11-16(20)19-14-8-6-13(17)7-9-14/h1,3-10,18H,11H2,(H,19,20). The molecular weight excluding hydrogens is 272 g/mol. The smallest absolute Gasteiger partial charge is 0.243 e. The Morgan fingerprint density at radius 3 is 2.60 bits per heavy atom. The van der Waals surface area contributed by atoms with E-state index in [1.54, 1.807) is 24.3 Å². The van der Waals surface area contributed by atoms with Crippen LogP contribution in [0, 0.1) is 12.3 Å². The van der Waals surface area contributed by atoms with Gasteiger partial charge in [0, 0.05) is 22.0 Å². The molecule has 2 rings (SSSR count). The van der Waals surface area contributed by atoms with Crippen molar-refractivity contribution in [3.63, 3.8) is 0 Å². The molecule has 0 saturated heterocycles. The molecule has 0 fully saturated rings. The summed E-state index contributed by atoms with van der Waals surface area (Å²) in [6.07, 6.45) is 5.32. The van der Waals surface area contributed by atoms with Crippen LogP contribution < -0.4 is 10.6 Å². The molecule has 0 aromatic heterocycles. The molecule has 100 valence electrons. The Hall–Kier alpha value is -2.44. The number of hydrogen-bond donors (Lipinski definition) is 2. The summed E-state index contributed by atoms with van der Waals surface area (Å²) < 4.78 is 0. The normalized spacial score (nSPS) is 9.60. The number of anilines is 2. The second kappa shape index (κ2) is 6.65. The van der Waals surface area contributed by atoms with Gasteiger partial charge in [-0.2, -0.15) is 0 Å². The molecule has 0 spiro atoms. The fourth-order valence-corrected chi connectivity index (χ4v) is 1.77. The Labute approximate surface area is 123 Å². The van der Waals surface area contributed by atoms with Crippen LogP contribution in [0.4, 0.5) is 11.4 Å². The van der Waals surface area contributed by atoms with Crippen LogP contribution in [-0.2, 0) is 4.79 Å². The molecule has 0 heterocycles. The molecule has 3 nitrogen and oxygen atoms in total. The zero-order chi connectivity index (χ0) is 14.4. The van der Waals surface area contributed by atoms with Crippen molar-refractivity contribution in [2.24, 2.45) is 0 Å². The van der Waals surface area contributed by atoms with Gasteiger partial charge in [0.15, 0.2) is 0 Å². The van der Waals surface area contributed by atoms with E-state index >= 15 is 0 Å². The molecule has 0 radical (unpaired) electrons. The maximum atomic E-state index is 11.8. The lowest BCUT2D eigenvalue weighted by molar-refractivity contribution is -0.114. The highest BCUT2D eigenvalue weighted by Gasteiger charge is 2.02. The SMILES string of the molecule is C#Cc1cccc(NCC(=O)Nc2ccc(Cl)cc2)c1. The van der Waals surface area contributed by atoms with E-state index in [-0.39, 0.29) is 12.5 Å². The van der Waals surface area contributed by atoms with E-state index in [2.05, 4.69) is 16.6 Å². The number of nitrogens with one attached hydrogen (secondary N) is 2. The van der Waals surface area contributed by atoms with Crippen molar-refractivity contribution < 1.29 is 4.79 Å². The Bertz CT molecular complexity index is 644. The molecule has 2 aromatic carbocycles. The zero-order valence-corrected chi connectivity index (χ0v) is 11.4. The highest BCUT2D eigenvalue weighted by Crippen LogP contribution is 2.13. The predicted octanol–water partition coefficient (Wildman–Crippen LogP) is 3.37. The first-order valence-corrected chi connectivity index (χ1v) is 6.41. The van der Waals surface area contributed by atoms with E-state index in [0.29, 0.717) is 10.7 Å². The van der Waals surface area contributed by atoms with Crippen molar-refractivity contribution in [3.05, 3.63) is 59.1 Å². The van der Waals surface area contributed by atoms with Gasteiger partial charge in [0.2, 0.25) is 5.91 Å². The van der Waals surface area contributed by atoms with E-state index in [9.17, 15) is 4.79 Å². The molecule has 0 aliphatic heterocycles. The average molecular weight is 285 g/mol. The van der Waals surface area contributed by atoms with Gasteiger partial charge in [-0.15, -0.1) is 6.42 Å². The Morgan fingerprint density at radius 2 is 1.90 bits per heavy atom. The van der Waals surface area contributed by atoms with Crippen molar-refractivity contribution in [2.45, 2.75) is 0 Å². The van der Waals surface area contributed by atoms with Crippen molar-refractivity contribution in [1.29, 1.82) is 0 Å². The fraction of sp³-hybridized carbons (Fsp3) is 0.0625. The van der Waals surface area contributed by atoms with Gasteiger partial charge >= 0.3 is 0 Å². The second-order valence-electron chi connectivity index (χ2n) is 4.13. The fourth-order valence-electron chi connectivity index (χ4n) is 1.64. The summed E-state index contributed by atoms with van der Waals surface area (Å²) in [5.74, 6) is 2.41. The summed E-state index contributed by atoms with van der Waals surface area (Å²) in [5, 5.41) is 6.42. The highest BCUT2D eigenvalue weighted by molar-refractivity contribution is 6.30. The van der Waals surface area contributed by atoms with Crippen LogP contribution in [-0.4, -0.2) is 12.5 Å². The number of carbonyl (C=O) groups is 1. The van der Waals surface area contributed by atoms with Crippen LogP contribution >= 0.6 is 11.6 Å². The third-order valence-corrected chi connectivity index (χ3v) is 2.86. The van der Waals surface area contributed by atoms with E-state index in [1.165, 1.54) is 0 Å². The topological polar surface area (TPSA) is 41.1 Å². The van der Waals surface area contributed by atoms with Gasteiger partial charge in [-0.1, -0.05) is 23.6 Å². The maximum Gasteiger partial charge on any atom is 0.243 e. The number of halogens is 1. The zero-order valence-electron chi connectivity index (χ0n) is 10.7. The van der Waals surface area contributed by atoms with Gasteiger partial charge in [-0.25, -0.2) is 0 Å². The van der Waals surface area contributed by atoms with Crippen LogP contribution in [0.25, 0.3) is 0 Å². The van der Waals surface area contributed by atoms with E-state index in [1.807, 2.05) is 24.3 Å². The summed E-state index contributed by atoms with van der Waals surface area (Å²) in [6.45, 7) is 0.163. The van der Waals surface area contributed by atoms with E-state index in [0.717, 1.165) is 11.3 Å². The van der Waals surface area contributed by atoms with Crippen LogP contribution in [0.5, 0.6) is 0 Å². The number of hydrogen-bond acceptors (Lipinski definition) is 2. The number of terminal acetylenes is 1. The monoisotopic (exact) mass is 284 g/mol. The summed E-state index contributed by atoms with van der Waals surface area (Å²) in [6, 6.07) is 14.3. The van der Waals surface area contributed by atoms with Crippen LogP contribution in [0.1, 0.15) is 5.56 Å². The second-order valence-corrected chi connectivity index (χ2v) is 4.57. The summed E-state index contributed by atoms with van der Waals surface area (Å²) in [5.41, 5.74) is 2.29. The van der Waals surface area contributed by atoms with Crippen LogP contribution in [0.3, 0.4) is 0 Å². The van der Waals surface area contributed by atoms with Crippen molar-refractivity contribution in [2.75, 3.05) is 17.2 Å². The first kappa shape index (κ1) is 14.0. The number of benzene rings is 2. The van der Waals surface area contributed by atoms with Gasteiger partial charge in [0.1, 0.15) is 0 Å². The minimum absolute atomic E-state index is 0.140. The molecular formula is C16H13ClN2O. The molecule has 1 amide bonds. The Balaban J connectivity index is 1.89. The lowest BCUT2D eigenvalue weighted by atomic mass is 10.2. The first-order valence-electron chi connectivity index (χ1n) is 6.03. The highest BCUT2D eigenvalue weighted by atomic mass is 35.5. The minimum atomic E-state index is -0.140. The molecule has 0 aliphatic carbocycles. The molecule has 4 heteroatoms. The largest absolute Gasteiger partial charge is 0.376 e. The molecule has 0 saturated carbocycles. The molecule has 2 aromatic rings. The first-order chi connectivity index (χ1) is 9.67. The lowest BCUT2D eigenvalue weighted by Gasteiger charge is -2.08. The molecule has 2 N–H and O–H groups in total. The van der Waals surface area contributed by atoms with Crippen molar-refractivity contribution >= 4 is 28.9 Å². The van der Waals surface area contributed by atoms with Crippen molar-refractivity contribution in [1.82, 2.24) is 0 Å². The third kappa shape index (κ3) is 4.04. The molecule has 0 unspecified atom stereocenters. The molecule has 0 atom stereocenters. The third-order valence-electron chi connectivity index (χ3n) is 2.61.